The number of nitrogens with zero attached hydrogens (tertiary/aromatic N) is 1. The second kappa shape index (κ2) is 8.60. The third-order valence-electron chi connectivity index (χ3n) is 4.46. The second-order valence-electron chi connectivity index (χ2n) is 6.63. The quantitative estimate of drug-likeness (QED) is 0.510. The Morgan fingerprint density at radius 2 is 1.74 bits per heavy atom. The standard InChI is InChI=1S/C21H20F2N4O3S/c1-4-31(29,30)26-15-6-8-18(25-19-7-5-14(22)10-17(19)23)16(11-15)13-9-20(24-2)21(28)27(3)12-13/h4-12,24-26H,1H2,2-3H3. The van der Waals surface area contributed by atoms with Gasteiger partial charge in [0.25, 0.3) is 15.6 Å². The van der Waals surface area contributed by atoms with Gasteiger partial charge in [-0.2, -0.15) is 0 Å². The van der Waals surface area contributed by atoms with E-state index >= 15 is 0 Å². The van der Waals surface area contributed by atoms with Crippen LogP contribution in [0.5, 0.6) is 0 Å². The molecule has 0 fully saturated rings. The van der Waals surface area contributed by atoms with Gasteiger partial charge in [-0.05, 0) is 36.4 Å². The highest BCUT2D eigenvalue weighted by Crippen LogP contribution is 2.34. The lowest BCUT2D eigenvalue weighted by molar-refractivity contribution is 0.586. The molecule has 7 nitrogen and oxygen atoms in total. The van der Waals surface area contributed by atoms with Crippen LogP contribution in [-0.4, -0.2) is 20.0 Å². The van der Waals surface area contributed by atoms with Crippen molar-refractivity contribution < 1.29 is 17.2 Å². The van der Waals surface area contributed by atoms with Crippen LogP contribution in [0.3, 0.4) is 0 Å². The number of anilines is 4. The van der Waals surface area contributed by atoms with Gasteiger partial charge in [0.05, 0.1) is 5.69 Å². The van der Waals surface area contributed by atoms with E-state index in [4.69, 9.17) is 0 Å². The van der Waals surface area contributed by atoms with E-state index in [1.54, 1.807) is 32.4 Å². The molecule has 0 aliphatic rings. The molecule has 0 aliphatic carbocycles. The lowest BCUT2D eigenvalue weighted by Gasteiger charge is -2.16. The summed E-state index contributed by atoms with van der Waals surface area (Å²) in [6.45, 7) is 3.26. The van der Waals surface area contributed by atoms with E-state index in [0.29, 0.717) is 22.5 Å². The molecule has 0 aliphatic heterocycles. The zero-order chi connectivity index (χ0) is 22.8. The maximum absolute atomic E-state index is 14.2. The first-order valence-electron chi connectivity index (χ1n) is 9.03. The number of rotatable bonds is 7. The molecule has 162 valence electrons. The van der Waals surface area contributed by atoms with E-state index in [1.165, 1.54) is 22.8 Å². The van der Waals surface area contributed by atoms with Crippen LogP contribution in [0.25, 0.3) is 11.1 Å². The molecule has 0 saturated carbocycles. The number of benzene rings is 2. The second-order valence-corrected chi connectivity index (χ2v) is 8.26. The molecule has 3 aromatic rings. The number of hydrogen-bond acceptors (Lipinski definition) is 5. The van der Waals surface area contributed by atoms with Gasteiger partial charge < -0.3 is 15.2 Å². The van der Waals surface area contributed by atoms with E-state index in [1.807, 2.05) is 0 Å². The van der Waals surface area contributed by atoms with Crippen LogP contribution < -0.4 is 20.9 Å². The molecular weight excluding hydrogens is 426 g/mol. The van der Waals surface area contributed by atoms with Gasteiger partial charge >= 0.3 is 0 Å². The highest BCUT2D eigenvalue weighted by molar-refractivity contribution is 7.95. The van der Waals surface area contributed by atoms with Gasteiger partial charge in [0.15, 0.2) is 0 Å². The number of pyridine rings is 1. The third kappa shape index (κ3) is 4.92. The molecule has 0 amide bonds. The highest BCUT2D eigenvalue weighted by Gasteiger charge is 2.14. The van der Waals surface area contributed by atoms with Gasteiger partial charge in [0.2, 0.25) is 0 Å². The molecule has 0 spiro atoms. The molecular formula is C21H20F2N4O3S. The van der Waals surface area contributed by atoms with Crippen molar-refractivity contribution in [2.75, 3.05) is 22.4 Å². The minimum absolute atomic E-state index is 0.0285. The summed E-state index contributed by atoms with van der Waals surface area (Å²) in [6.07, 6.45) is 1.57. The lowest BCUT2D eigenvalue weighted by atomic mass is 10.0. The van der Waals surface area contributed by atoms with Crippen molar-refractivity contribution >= 4 is 32.8 Å². The topological polar surface area (TPSA) is 92.2 Å². The van der Waals surface area contributed by atoms with Crippen LogP contribution in [0.1, 0.15) is 0 Å². The van der Waals surface area contributed by atoms with Crippen molar-refractivity contribution in [2.45, 2.75) is 0 Å². The van der Waals surface area contributed by atoms with Gasteiger partial charge in [-0.15, -0.1) is 0 Å². The molecule has 0 bridgehead atoms. The molecule has 0 radical (unpaired) electrons. The molecule has 2 aromatic carbocycles. The van der Waals surface area contributed by atoms with E-state index < -0.39 is 21.7 Å². The Kier molecular flexibility index (Phi) is 6.11. The Hall–Kier alpha value is -3.66. The highest BCUT2D eigenvalue weighted by atomic mass is 32.2. The van der Waals surface area contributed by atoms with E-state index in [9.17, 15) is 22.0 Å². The lowest BCUT2D eigenvalue weighted by Crippen LogP contribution is -2.19. The predicted octanol–water partition coefficient (Wildman–Crippen LogP) is 4.00. The van der Waals surface area contributed by atoms with E-state index in [0.717, 1.165) is 17.5 Å². The summed E-state index contributed by atoms with van der Waals surface area (Å²) in [5.74, 6) is -1.51. The molecule has 0 unspecified atom stereocenters. The largest absolute Gasteiger partial charge is 0.384 e. The molecule has 10 heteroatoms. The van der Waals surface area contributed by atoms with Crippen LogP contribution >= 0.6 is 0 Å². The van der Waals surface area contributed by atoms with Gasteiger partial charge in [-0.1, -0.05) is 6.58 Å². The number of aromatic nitrogens is 1. The van der Waals surface area contributed by atoms with Crippen LogP contribution in [0.2, 0.25) is 0 Å². The first-order valence-corrected chi connectivity index (χ1v) is 10.6. The van der Waals surface area contributed by atoms with Crippen LogP contribution in [0.4, 0.5) is 31.5 Å². The van der Waals surface area contributed by atoms with E-state index in [2.05, 4.69) is 21.9 Å². The Morgan fingerprint density at radius 1 is 1.03 bits per heavy atom. The predicted molar refractivity (Wildman–Crippen MR) is 119 cm³/mol. The van der Waals surface area contributed by atoms with Crippen LogP contribution in [0.15, 0.2) is 65.4 Å². The number of sulfonamides is 1. The van der Waals surface area contributed by atoms with Gasteiger partial charge in [-0.25, -0.2) is 17.2 Å². The molecule has 31 heavy (non-hydrogen) atoms. The third-order valence-corrected chi connectivity index (χ3v) is 5.42. The minimum atomic E-state index is -3.76. The molecule has 3 rings (SSSR count). The fourth-order valence-electron chi connectivity index (χ4n) is 2.94. The van der Waals surface area contributed by atoms with Crippen molar-refractivity contribution in [3.63, 3.8) is 0 Å². The summed E-state index contributed by atoms with van der Waals surface area (Å²) < 4.78 is 54.9. The van der Waals surface area contributed by atoms with Crippen LogP contribution in [-0.2, 0) is 17.1 Å². The first-order chi connectivity index (χ1) is 14.6. The fraction of sp³-hybridized carbons (Fsp3) is 0.0952. The molecule has 0 saturated heterocycles. The zero-order valence-corrected chi connectivity index (χ0v) is 17.6. The fourth-order valence-corrected chi connectivity index (χ4v) is 3.47. The average Bonchev–Trinajstić information content (AvgIpc) is 2.72. The Labute approximate surface area is 178 Å². The molecule has 1 aromatic heterocycles. The van der Waals surface area contributed by atoms with Gasteiger partial charge in [0, 0.05) is 54.3 Å². The summed E-state index contributed by atoms with van der Waals surface area (Å²) >= 11 is 0. The maximum atomic E-state index is 14.2. The molecule has 1 heterocycles. The van der Waals surface area contributed by atoms with Crippen molar-refractivity contribution in [2.24, 2.45) is 7.05 Å². The number of hydrogen-bond donors (Lipinski definition) is 3. The van der Waals surface area contributed by atoms with Crippen molar-refractivity contribution in [3.05, 3.63) is 82.6 Å². The van der Waals surface area contributed by atoms with Crippen molar-refractivity contribution in [1.82, 2.24) is 4.57 Å². The zero-order valence-electron chi connectivity index (χ0n) is 16.7. The maximum Gasteiger partial charge on any atom is 0.273 e. The summed E-state index contributed by atoms with van der Waals surface area (Å²) in [6, 6.07) is 9.27. The van der Waals surface area contributed by atoms with Crippen LogP contribution in [0, 0.1) is 11.6 Å². The first kappa shape index (κ1) is 22.0. The van der Waals surface area contributed by atoms with Crippen molar-refractivity contribution in [1.29, 1.82) is 0 Å². The minimum Gasteiger partial charge on any atom is -0.384 e. The molecule has 0 atom stereocenters. The Bertz CT molecular complexity index is 1320. The van der Waals surface area contributed by atoms with E-state index in [-0.39, 0.29) is 16.9 Å². The average molecular weight is 446 g/mol. The van der Waals surface area contributed by atoms with Gasteiger partial charge in [0.1, 0.15) is 17.3 Å². The summed E-state index contributed by atoms with van der Waals surface area (Å²) in [5, 5.41) is 6.48. The number of aryl methyl sites for hydroxylation is 1. The summed E-state index contributed by atoms with van der Waals surface area (Å²) in [5.41, 5.74) is 1.76. The summed E-state index contributed by atoms with van der Waals surface area (Å²) in [4.78, 5) is 12.2. The van der Waals surface area contributed by atoms with Crippen molar-refractivity contribution in [3.8, 4) is 11.1 Å². The Balaban J connectivity index is 2.18. The number of halogens is 2. The molecule has 3 N–H and O–H groups in total. The number of nitrogens with one attached hydrogen (secondary N) is 3. The normalized spacial score (nSPS) is 11.1. The smallest absolute Gasteiger partial charge is 0.273 e. The monoisotopic (exact) mass is 446 g/mol. The summed E-state index contributed by atoms with van der Waals surface area (Å²) in [7, 11) is -0.586. The SMILES string of the molecule is C=CS(=O)(=O)Nc1ccc(Nc2ccc(F)cc2F)c(-c2cc(NC)c(=O)n(C)c2)c1. The Morgan fingerprint density at radius 3 is 2.39 bits per heavy atom. The van der Waals surface area contributed by atoms with Gasteiger partial charge in [-0.3, -0.25) is 9.52 Å².